The Morgan fingerprint density at radius 1 is 1.47 bits per heavy atom. The molecule has 1 rings (SSSR count). The van der Waals surface area contributed by atoms with Gasteiger partial charge in [-0.3, -0.25) is 4.79 Å². The highest BCUT2D eigenvalue weighted by molar-refractivity contribution is 7.92. The van der Waals surface area contributed by atoms with Crippen LogP contribution in [0.25, 0.3) is 0 Å². The fourth-order valence-corrected chi connectivity index (χ4v) is 2.11. The van der Waals surface area contributed by atoms with E-state index in [2.05, 4.69) is 5.32 Å². The van der Waals surface area contributed by atoms with Crippen LogP contribution in [0.5, 0.6) is 0 Å². The molecule has 0 aliphatic heterocycles. The van der Waals surface area contributed by atoms with Gasteiger partial charge in [-0.2, -0.15) is 0 Å². The van der Waals surface area contributed by atoms with Crippen molar-refractivity contribution in [2.75, 3.05) is 12.8 Å². The van der Waals surface area contributed by atoms with Crippen LogP contribution in [0, 0.1) is 0 Å². The van der Waals surface area contributed by atoms with Crippen LogP contribution in [0.15, 0.2) is 17.5 Å². The molecule has 0 bridgehead atoms. The van der Waals surface area contributed by atoms with Crippen LogP contribution in [0.4, 0.5) is 0 Å². The van der Waals surface area contributed by atoms with Crippen LogP contribution >= 0.6 is 11.3 Å². The number of amides is 1. The lowest BCUT2D eigenvalue weighted by atomic mass is 10.2. The summed E-state index contributed by atoms with van der Waals surface area (Å²) < 4.78 is 21.9. The van der Waals surface area contributed by atoms with Crippen molar-refractivity contribution < 1.29 is 13.2 Å². The van der Waals surface area contributed by atoms with Gasteiger partial charge >= 0.3 is 0 Å². The maximum atomic E-state index is 11.6. The van der Waals surface area contributed by atoms with Crippen molar-refractivity contribution in [1.29, 1.82) is 0 Å². The van der Waals surface area contributed by atoms with Gasteiger partial charge in [-0.15, -0.1) is 11.3 Å². The summed E-state index contributed by atoms with van der Waals surface area (Å²) in [6.07, 6.45) is 1.48. The Morgan fingerprint density at radius 3 is 2.59 bits per heavy atom. The molecule has 4 nitrogen and oxygen atoms in total. The summed E-state index contributed by atoms with van der Waals surface area (Å²) in [5.74, 6) is -0.149. The third-order valence-corrected chi connectivity index (χ3v) is 5.66. The van der Waals surface area contributed by atoms with Crippen molar-refractivity contribution in [2.24, 2.45) is 0 Å². The normalized spacial score (nSPS) is 12.4. The van der Waals surface area contributed by atoms with Crippen molar-refractivity contribution in [2.45, 2.75) is 25.0 Å². The quantitative estimate of drug-likeness (QED) is 0.879. The van der Waals surface area contributed by atoms with Crippen molar-refractivity contribution in [1.82, 2.24) is 5.32 Å². The molecule has 0 saturated carbocycles. The molecule has 0 aliphatic carbocycles. The van der Waals surface area contributed by atoms with Crippen LogP contribution in [-0.4, -0.2) is 31.9 Å². The monoisotopic (exact) mass is 275 g/mol. The summed E-state index contributed by atoms with van der Waals surface area (Å²) in [6.45, 7) is 3.34. The molecule has 0 aromatic carbocycles. The first-order valence-electron chi connectivity index (χ1n) is 5.21. The minimum atomic E-state index is -3.17. The lowest BCUT2D eigenvalue weighted by Gasteiger charge is -2.22. The van der Waals surface area contributed by atoms with E-state index in [1.165, 1.54) is 17.6 Å². The number of nitrogens with one attached hydrogen (secondary N) is 1. The second kappa shape index (κ2) is 5.18. The van der Waals surface area contributed by atoms with E-state index in [1.807, 2.05) is 17.5 Å². The second-order valence-electron chi connectivity index (χ2n) is 4.56. The van der Waals surface area contributed by atoms with Crippen molar-refractivity contribution in [3.8, 4) is 0 Å². The average molecular weight is 275 g/mol. The Kier molecular flexibility index (Phi) is 4.32. The first-order chi connectivity index (χ1) is 7.72. The van der Waals surface area contributed by atoms with Gasteiger partial charge in [0.15, 0.2) is 9.84 Å². The van der Waals surface area contributed by atoms with Gasteiger partial charge in [-0.1, -0.05) is 6.07 Å². The number of hydrogen-bond acceptors (Lipinski definition) is 4. The molecule has 0 unspecified atom stereocenters. The first-order valence-corrected chi connectivity index (χ1v) is 7.98. The van der Waals surface area contributed by atoms with Gasteiger partial charge in [0, 0.05) is 17.7 Å². The van der Waals surface area contributed by atoms with E-state index in [-0.39, 0.29) is 12.5 Å². The van der Waals surface area contributed by atoms with E-state index in [1.54, 1.807) is 13.8 Å². The summed E-state index contributed by atoms with van der Waals surface area (Å²) in [7, 11) is -3.17. The Labute approximate surface area is 106 Å². The predicted molar refractivity (Wildman–Crippen MR) is 70.0 cm³/mol. The Bertz CT molecular complexity index is 475. The molecule has 96 valence electrons. The number of sulfone groups is 1. The molecular formula is C11H17NO3S2. The zero-order valence-electron chi connectivity index (χ0n) is 10.2. The highest BCUT2D eigenvalue weighted by Gasteiger charge is 2.30. The van der Waals surface area contributed by atoms with Crippen LogP contribution < -0.4 is 5.32 Å². The molecule has 0 radical (unpaired) electrons. The van der Waals surface area contributed by atoms with E-state index < -0.39 is 14.6 Å². The lowest BCUT2D eigenvalue weighted by Crippen LogP contribution is -2.44. The SMILES string of the molecule is CC(C)(CNC(=O)Cc1cccs1)S(C)(=O)=O. The predicted octanol–water partition coefficient (Wildman–Crippen LogP) is 1.23. The summed E-state index contributed by atoms with van der Waals surface area (Å²) >= 11 is 1.51. The summed E-state index contributed by atoms with van der Waals surface area (Å²) in [5, 5.41) is 4.56. The fourth-order valence-electron chi connectivity index (χ4n) is 1.08. The largest absolute Gasteiger partial charge is 0.354 e. The molecule has 1 aromatic heterocycles. The smallest absolute Gasteiger partial charge is 0.225 e. The molecule has 0 spiro atoms. The van der Waals surface area contributed by atoms with Crippen molar-refractivity contribution in [3.63, 3.8) is 0 Å². The minimum absolute atomic E-state index is 0.135. The van der Waals surface area contributed by atoms with Gasteiger partial charge in [-0.05, 0) is 25.3 Å². The molecule has 1 heterocycles. The van der Waals surface area contributed by atoms with E-state index in [4.69, 9.17) is 0 Å². The number of carbonyl (C=O) groups is 1. The molecule has 0 aliphatic rings. The van der Waals surface area contributed by atoms with Crippen LogP contribution in [0.3, 0.4) is 0 Å². The van der Waals surface area contributed by atoms with E-state index in [0.717, 1.165) is 4.88 Å². The highest BCUT2D eigenvalue weighted by Crippen LogP contribution is 2.14. The van der Waals surface area contributed by atoms with Crippen LogP contribution in [0.2, 0.25) is 0 Å². The molecule has 1 N–H and O–H groups in total. The fraction of sp³-hybridized carbons (Fsp3) is 0.545. The maximum absolute atomic E-state index is 11.6. The van der Waals surface area contributed by atoms with Gasteiger partial charge in [0.2, 0.25) is 5.91 Å². The summed E-state index contributed by atoms with van der Waals surface area (Å²) in [4.78, 5) is 12.6. The lowest BCUT2D eigenvalue weighted by molar-refractivity contribution is -0.120. The number of carbonyl (C=O) groups excluding carboxylic acids is 1. The topological polar surface area (TPSA) is 63.2 Å². The standard InChI is InChI=1S/C11H17NO3S2/c1-11(2,17(3,14)15)8-12-10(13)7-9-5-4-6-16-9/h4-6H,7-8H2,1-3H3,(H,12,13). The van der Waals surface area contributed by atoms with E-state index in [9.17, 15) is 13.2 Å². The minimum Gasteiger partial charge on any atom is -0.354 e. The van der Waals surface area contributed by atoms with Crippen molar-refractivity contribution in [3.05, 3.63) is 22.4 Å². The molecule has 0 atom stereocenters. The van der Waals surface area contributed by atoms with Gasteiger partial charge in [-0.25, -0.2) is 8.42 Å². The van der Waals surface area contributed by atoms with E-state index >= 15 is 0 Å². The molecule has 17 heavy (non-hydrogen) atoms. The zero-order valence-corrected chi connectivity index (χ0v) is 11.8. The molecule has 0 fully saturated rings. The number of hydrogen-bond donors (Lipinski definition) is 1. The third-order valence-electron chi connectivity index (χ3n) is 2.63. The number of thiophene rings is 1. The highest BCUT2D eigenvalue weighted by atomic mass is 32.2. The average Bonchev–Trinajstić information content (AvgIpc) is 2.66. The zero-order chi connectivity index (χ0) is 13.1. The van der Waals surface area contributed by atoms with Crippen LogP contribution in [0.1, 0.15) is 18.7 Å². The maximum Gasteiger partial charge on any atom is 0.225 e. The van der Waals surface area contributed by atoms with Crippen LogP contribution in [-0.2, 0) is 21.1 Å². The van der Waals surface area contributed by atoms with Gasteiger partial charge in [0.25, 0.3) is 0 Å². The Hall–Kier alpha value is -0.880. The molecule has 1 aromatic rings. The molecule has 1 amide bonds. The molecule has 6 heteroatoms. The van der Waals surface area contributed by atoms with Gasteiger partial charge in [0.1, 0.15) is 0 Å². The van der Waals surface area contributed by atoms with Gasteiger partial charge < -0.3 is 5.32 Å². The Morgan fingerprint density at radius 2 is 2.12 bits per heavy atom. The van der Waals surface area contributed by atoms with Crippen molar-refractivity contribution >= 4 is 27.1 Å². The first kappa shape index (κ1) is 14.2. The second-order valence-corrected chi connectivity index (χ2v) is 8.25. The van der Waals surface area contributed by atoms with E-state index in [0.29, 0.717) is 6.42 Å². The summed E-state index contributed by atoms with van der Waals surface area (Å²) in [5.41, 5.74) is 0. The number of rotatable bonds is 5. The third kappa shape index (κ3) is 4.12. The molecule has 0 saturated heterocycles. The summed E-state index contributed by atoms with van der Waals surface area (Å²) in [6, 6.07) is 3.76. The Balaban J connectivity index is 2.49. The van der Waals surface area contributed by atoms with Gasteiger partial charge in [0.05, 0.1) is 11.2 Å². The molecular weight excluding hydrogens is 258 g/mol.